The fourth-order valence-electron chi connectivity index (χ4n) is 4.43. The van der Waals surface area contributed by atoms with Crippen molar-refractivity contribution in [2.75, 3.05) is 6.61 Å². The van der Waals surface area contributed by atoms with E-state index >= 15 is 0 Å². The maximum Gasteiger partial charge on any atom is 0.147 e. The summed E-state index contributed by atoms with van der Waals surface area (Å²) in [6, 6.07) is 8.34. The Morgan fingerprint density at radius 1 is 0.862 bits per heavy atom. The number of hydrogen-bond acceptors (Lipinski definition) is 4. The van der Waals surface area contributed by atoms with E-state index < -0.39 is 0 Å². The monoisotopic (exact) mass is 414 g/mol. The van der Waals surface area contributed by atoms with Crippen LogP contribution < -0.4 is 4.74 Å². The Bertz CT molecular complexity index is 689. The molecule has 1 aromatic heterocycles. The van der Waals surface area contributed by atoms with Gasteiger partial charge in [-0.2, -0.15) is 0 Å². The molecule has 0 N–H and O–H groups in total. The third-order valence-electron chi connectivity index (χ3n) is 6.24. The van der Waals surface area contributed by atoms with E-state index in [-0.39, 0.29) is 0 Å². The summed E-state index contributed by atoms with van der Waals surface area (Å²) in [6.07, 6.45) is 16.1. The summed E-state index contributed by atoms with van der Waals surface area (Å²) in [6.45, 7) is 5.30. The highest BCUT2D eigenvalue weighted by atomic mass is 32.1. The summed E-state index contributed by atoms with van der Waals surface area (Å²) in [4.78, 5) is 0. The summed E-state index contributed by atoms with van der Waals surface area (Å²) in [7, 11) is 0. The maximum atomic E-state index is 5.99. The maximum absolute atomic E-state index is 5.99. The Morgan fingerprint density at radius 3 is 2.21 bits per heavy atom. The molecule has 160 valence electrons. The van der Waals surface area contributed by atoms with Crippen molar-refractivity contribution in [3.63, 3.8) is 0 Å². The van der Waals surface area contributed by atoms with Gasteiger partial charge in [-0.05, 0) is 55.4 Å². The molecule has 0 amide bonds. The first-order chi connectivity index (χ1) is 14.3. The molecule has 1 aliphatic rings. The molecular weight excluding hydrogens is 376 g/mol. The molecule has 3 rings (SSSR count). The van der Waals surface area contributed by atoms with E-state index in [9.17, 15) is 0 Å². The number of hydrogen-bond donors (Lipinski definition) is 0. The van der Waals surface area contributed by atoms with Crippen LogP contribution >= 0.6 is 11.3 Å². The van der Waals surface area contributed by atoms with Gasteiger partial charge in [-0.15, -0.1) is 10.2 Å². The Kier molecular flexibility index (Phi) is 9.46. The average Bonchev–Trinajstić information content (AvgIpc) is 3.22. The van der Waals surface area contributed by atoms with Crippen LogP contribution in [0.2, 0.25) is 0 Å². The zero-order valence-electron chi connectivity index (χ0n) is 18.4. The molecule has 1 aliphatic carbocycles. The van der Waals surface area contributed by atoms with Crippen molar-refractivity contribution in [2.45, 2.75) is 90.9 Å². The number of ether oxygens (including phenoxy) is 1. The first-order valence-corrected chi connectivity index (χ1v) is 12.7. The third kappa shape index (κ3) is 7.40. The van der Waals surface area contributed by atoms with Gasteiger partial charge in [0.1, 0.15) is 15.8 Å². The smallest absolute Gasteiger partial charge is 0.147 e. The Hall–Kier alpha value is -1.42. The Morgan fingerprint density at radius 2 is 1.55 bits per heavy atom. The van der Waals surface area contributed by atoms with Crippen LogP contribution in [0.25, 0.3) is 10.6 Å². The zero-order chi connectivity index (χ0) is 20.3. The molecule has 29 heavy (non-hydrogen) atoms. The van der Waals surface area contributed by atoms with Crippen LogP contribution in [0.4, 0.5) is 0 Å². The average molecular weight is 415 g/mol. The molecule has 1 aromatic carbocycles. The molecule has 0 radical (unpaired) electrons. The van der Waals surface area contributed by atoms with Crippen LogP contribution in [0.3, 0.4) is 0 Å². The highest BCUT2D eigenvalue weighted by Crippen LogP contribution is 2.34. The van der Waals surface area contributed by atoms with Crippen LogP contribution in [0.5, 0.6) is 5.75 Å². The van der Waals surface area contributed by atoms with Crippen LogP contribution in [0, 0.1) is 11.8 Å². The van der Waals surface area contributed by atoms with Gasteiger partial charge in [-0.1, -0.05) is 76.6 Å². The van der Waals surface area contributed by atoms with E-state index in [0.29, 0.717) is 0 Å². The topological polar surface area (TPSA) is 35.0 Å². The lowest BCUT2D eigenvalue weighted by atomic mass is 9.78. The number of unbranched alkanes of at least 4 members (excludes halogenated alkanes) is 2. The molecule has 0 spiro atoms. The van der Waals surface area contributed by atoms with Gasteiger partial charge >= 0.3 is 0 Å². The highest BCUT2D eigenvalue weighted by Gasteiger charge is 2.20. The van der Waals surface area contributed by atoms with Crippen LogP contribution in [0.15, 0.2) is 24.3 Å². The molecule has 0 atom stereocenters. The molecule has 0 unspecified atom stereocenters. The second kappa shape index (κ2) is 12.3. The van der Waals surface area contributed by atoms with Gasteiger partial charge in [0, 0.05) is 12.0 Å². The first-order valence-electron chi connectivity index (χ1n) is 11.8. The minimum atomic E-state index is 0.829. The molecule has 2 aromatic rings. The van der Waals surface area contributed by atoms with Crippen molar-refractivity contribution in [3.05, 3.63) is 29.3 Å². The number of aryl methyl sites for hydroxylation is 1. The van der Waals surface area contributed by atoms with Crippen molar-refractivity contribution in [1.82, 2.24) is 10.2 Å². The van der Waals surface area contributed by atoms with Crippen LogP contribution in [0.1, 0.15) is 89.5 Å². The summed E-state index contributed by atoms with van der Waals surface area (Å²) < 4.78 is 5.99. The SMILES string of the molecule is CCCCC[C@H]1CC[C@H](CCCOc2ccc(-c3nnc(CCC)s3)cc2)CC1. The summed E-state index contributed by atoms with van der Waals surface area (Å²) >= 11 is 1.70. The van der Waals surface area contributed by atoms with E-state index in [1.807, 2.05) is 0 Å². The zero-order valence-corrected chi connectivity index (χ0v) is 19.2. The van der Waals surface area contributed by atoms with Crippen molar-refractivity contribution in [1.29, 1.82) is 0 Å². The second-order valence-corrected chi connectivity index (χ2v) is 9.71. The molecule has 4 heteroatoms. The third-order valence-corrected chi connectivity index (χ3v) is 7.27. The molecule has 0 saturated heterocycles. The molecule has 1 saturated carbocycles. The predicted octanol–water partition coefficient (Wildman–Crippen LogP) is 7.70. The van der Waals surface area contributed by atoms with Crippen molar-refractivity contribution in [2.24, 2.45) is 11.8 Å². The van der Waals surface area contributed by atoms with Gasteiger partial charge in [0.25, 0.3) is 0 Å². The number of aromatic nitrogens is 2. The van der Waals surface area contributed by atoms with Crippen molar-refractivity contribution < 1.29 is 4.74 Å². The fraction of sp³-hybridized carbons (Fsp3) is 0.680. The number of nitrogens with zero attached hydrogens (tertiary/aromatic N) is 2. The first kappa shape index (κ1) is 22.3. The standard InChI is InChI=1S/C25H38N2OS/c1-3-5-6-9-20-11-13-21(14-12-20)10-7-19-28-23-17-15-22(16-18-23)25-27-26-24(29-25)8-4-2/h15-18,20-21H,3-14,19H2,1-2H3/t20-,21-. The normalized spacial score (nSPS) is 19.4. The van der Waals surface area contributed by atoms with Gasteiger partial charge in [-0.3, -0.25) is 0 Å². The van der Waals surface area contributed by atoms with Crippen LogP contribution in [-0.4, -0.2) is 16.8 Å². The molecular formula is C25H38N2OS. The van der Waals surface area contributed by atoms with Crippen LogP contribution in [-0.2, 0) is 6.42 Å². The Balaban J connectivity index is 1.32. The van der Waals surface area contributed by atoms with Crippen molar-refractivity contribution in [3.8, 4) is 16.3 Å². The van der Waals surface area contributed by atoms with Gasteiger partial charge in [0.2, 0.25) is 0 Å². The molecule has 0 bridgehead atoms. The summed E-state index contributed by atoms with van der Waals surface area (Å²) in [5.41, 5.74) is 1.13. The minimum Gasteiger partial charge on any atom is -0.494 e. The van der Waals surface area contributed by atoms with Gasteiger partial charge in [0.15, 0.2) is 0 Å². The van der Waals surface area contributed by atoms with Gasteiger partial charge in [0.05, 0.1) is 6.61 Å². The molecule has 1 fully saturated rings. The Labute approximate surface area is 181 Å². The largest absolute Gasteiger partial charge is 0.494 e. The fourth-order valence-corrected chi connectivity index (χ4v) is 5.38. The summed E-state index contributed by atoms with van der Waals surface area (Å²) in [5.74, 6) is 2.91. The highest BCUT2D eigenvalue weighted by molar-refractivity contribution is 7.14. The molecule has 3 nitrogen and oxygen atoms in total. The van der Waals surface area contributed by atoms with Crippen molar-refractivity contribution >= 4 is 11.3 Å². The van der Waals surface area contributed by atoms with E-state index in [4.69, 9.17) is 4.74 Å². The summed E-state index contributed by atoms with van der Waals surface area (Å²) in [5, 5.41) is 10.7. The molecule has 1 heterocycles. The molecule has 0 aliphatic heterocycles. The lowest BCUT2D eigenvalue weighted by Gasteiger charge is -2.28. The van der Waals surface area contributed by atoms with E-state index in [1.54, 1.807) is 11.3 Å². The van der Waals surface area contributed by atoms with E-state index in [0.717, 1.165) is 52.6 Å². The number of rotatable bonds is 12. The van der Waals surface area contributed by atoms with Gasteiger partial charge < -0.3 is 4.74 Å². The van der Waals surface area contributed by atoms with E-state index in [2.05, 4.69) is 48.3 Å². The lowest BCUT2D eigenvalue weighted by molar-refractivity contribution is 0.228. The van der Waals surface area contributed by atoms with Gasteiger partial charge in [-0.25, -0.2) is 0 Å². The predicted molar refractivity (Wildman–Crippen MR) is 124 cm³/mol. The second-order valence-electron chi connectivity index (χ2n) is 8.65. The number of benzene rings is 1. The lowest BCUT2D eigenvalue weighted by Crippen LogP contribution is -2.15. The minimum absolute atomic E-state index is 0.829. The quantitative estimate of drug-likeness (QED) is 0.334. The van der Waals surface area contributed by atoms with E-state index in [1.165, 1.54) is 64.2 Å².